The molecule has 1 unspecified atom stereocenters. The molecule has 0 aliphatic carbocycles. The summed E-state index contributed by atoms with van der Waals surface area (Å²) >= 11 is 2.90. The van der Waals surface area contributed by atoms with E-state index < -0.39 is 17.5 Å². The molecule has 0 N–H and O–H groups in total. The highest BCUT2D eigenvalue weighted by atomic mass is 79.9. The van der Waals surface area contributed by atoms with Gasteiger partial charge in [0.2, 0.25) is 0 Å². The van der Waals surface area contributed by atoms with Crippen LogP contribution >= 0.6 is 15.9 Å². The molecule has 2 nitrogen and oxygen atoms in total. The molecule has 1 saturated heterocycles. The fourth-order valence-electron chi connectivity index (χ4n) is 2.25. The number of nitrogens with zero attached hydrogens (tertiary/aromatic N) is 1. The van der Waals surface area contributed by atoms with Crippen LogP contribution in [0.25, 0.3) is 0 Å². The van der Waals surface area contributed by atoms with Crippen molar-refractivity contribution >= 4 is 21.8 Å². The molecule has 0 aromatic heterocycles. The van der Waals surface area contributed by atoms with Crippen molar-refractivity contribution in [3.63, 3.8) is 0 Å². The Balaban J connectivity index is 2.31. The molecule has 1 heterocycles. The van der Waals surface area contributed by atoms with Crippen molar-refractivity contribution < 1.29 is 13.6 Å². The van der Waals surface area contributed by atoms with Crippen molar-refractivity contribution in [1.29, 1.82) is 0 Å². The third-order valence-electron chi connectivity index (χ3n) is 3.33. The Labute approximate surface area is 113 Å². The predicted molar refractivity (Wildman–Crippen MR) is 68.4 cm³/mol. The molecule has 0 bridgehead atoms. The summed E-state index contributed by atoms with van der Waals surface area (Å²) < 4.78 is 27.2. The van der Waals surface area contributed by atoms with Gasteiger partial charge in [-0.2, -0.15) is 0 Å². The molecule has 1 aromatic carbocycles. The normalized spacial score (nSPS) is 20.0. The van der Waals surface area contributed by atoms with E-state index in [1.807, 2.05) is 6.92 Å². The van der Waals surface area contributed by atoms with E-state index in [0.717, 1.165) is 19.3 Å². The maximum atomic E-state index is 13.7. The molecule has 0 spiro atoms. The van der Waals surface area contributed by atoms with Crippen LogP contribution < -0.4 is 0 Å². The second-order valence-corrected chi connectivity index (χ2v) is 5.42. The summed E-state index contributed by atoms with van der Waals surface area (Å²) in [5.74, 6) is -2.51. The molecule has 1 amide bonds. The van der Waals surface area contributed by atoms with Gasteiger partial charge in [0.25, 0.3) is 5.91 Å². The van der Waals surface area contributed by atoms with Gasteiger partial charge >= 0.3 is 0 Å². The molecule has 1 aromatic rings. The van der Waals surface area contributed by atoms with Crippen molar-refractivity contribution in [2.75, 3.05) is 6.54 Å². The number of carbonyl (C=O) groups is 1. The van der Waals surface area contributed by atoms with Crippen LogP contribution in [-0.4, -0.2) is 23.4 Å². The molecule has 1 aliphatic heterocycles. The van der Waals surface area contributed by atoms with Crippen LogP contribution in [-0.2, 0) is 0 Å². The van der Waals surface area contributed by atoms with Gasteiger partial charge in [-0.3, -0.25) is 4.79 Å². The Hall–Kier alpha value is -0.970. The summed E-state index contributed by atoms with van der Waals surface area (Å²) in [7, 11) is 0. The van der Waals surface area contributed by atoms with Gasteiger partial charge in [-0.05, 0) is 54.2 Å². The fourth-order valence-corrected chi connectivity index (χ4v) is 2.55. The zero-order valence-electron chi connectivity index (χ0n) is 10.0. The van der Waals surface area contributed by atoms with Crippen LogP contribution in [0.4, 0.5) is 8.78 Å². The van der Waals surface area contributed by atoms with E-state index in [-0.39, 0.29) is 16.1 Å². The average molecular weight is 318 g/mol. The zero-order valence-corrected chi connectivity index (χ0v) is 11.6. The van der Waals surface area contributed by atoms with Crippen LogP contribution in [0.3, 0.4) is 0 Å². The van der Waals surface area contributed by atoms with E-state index in [2.05, 4.69) is 15.9 Å². The summed E-state index contributed by atoms with van der Waals surface area (Å²) in [5.41, 5.74) is -0.190. The van der Waals surface area contributed by atoms with Crippen LogP contribution in [0.15, 0.2) is 16.6 Å². The van der Waals surface area contributed by atoms with Crippen molar-refractivity contribution in [2.24, 2.45) is 0 Å². The number of likely N-dealkylation sites (tertiary alicyclic amines) is 1. The first kappa shape index (κ1) is 13.5. The SMILES string of the molecule is CC1CCCCN1C(=O)c1ccc(Br)c(F)c1F. The number of carbonyl (C=O) groups excluding carboxylic acids is 1. The lowest BCUT2D eigenvalue weighted by Gasteiger charge is -2.33. The number of piperidine rings is 1. The lowest BCUT2D eigenvalue weighted by molar-refractivity contribution is 0.0629. The Morgan fingerprint density at radius 2 is 2.06 bits per heavy atom. The van der Waals surface area contributed by atoms with Crippen molar-refractivity contribution in [2.45, 2.75) is 32.2 Å². The van der Waals surface area contributed by atoms with Crippen LogP contribution in [0.5, 0.6) is 0 Å². The summed E-state index contributed by atoms with van der Waals surface area (Å²) in [6.07, 6.45) is 2.89. The van der Waals surface area contributed by atoms with Gasteiger partial charge in [-0.15, -0.1) is 0 Å². The number of hydrogen-bond acceptors (Lipinski definition) is 1. The Bertz CT molecular complexity index is 478. The first-order valence-corrected chi connectivity index (χ1v) is 6.76. The lowest BCUT2D eigenvalue weighted by atomic mass is 10.0. The molecular formula is C13H14BrF2NO. The zero-order chi connectivity index (χ0) is 13.3. The van der Waals surface area contributed by atoms with Gasteiger partial charge in [0, 0.05) is 12.6 Å². The van der Waals surface area contributed by atoms with Crippen LogP contribution in [0.1, 0.15) is 36.5 Å². The fraction of sp³-hybridized carbons (Fsp3) is 0.462. The summed E-state index contributed by atoms with van der Waals surface area (Å²) in [6, 6.07) is 2.77. The molecule has 1 fully saturated rings. The van der Waals surface area contributed by atoms with E-state index in [0.29, 0.717) is 6.54 Å². The quantitative estimate of drug-likeness (QED) is 0.722. The first-order chi connectivity index (χ1) is 8.52. The molecule has 1 aliphatic rings. The molecule has 0 saturated carbocycles. The average Bonchev–Trinajstić information content (AvgIpc) is 2.36. The minimum atomic E-state index is -1.08. The molecular weight excluding hydrogens is 304 g/mol. The number of halogens is 3. The maximum Gasteiger partial charge on any atom is 0.257 e. The molecule has 0 radical (unpaired) electrons. The van der Waals surface area contributed by atoms with Gasteiger partial charge in [0.05, 0.1) is 10.0 Å². The molecule has 98 valence electrons. The smallest absolute Gasteiger partial charge is 0.257 e. The van der Waals surface area contributed by atoms with Crippen LogP contribution in [0.2, 0.25) is 0 Å². The second-order valence-electron chi connectivity index (χ2n) is 4.57. The topological polar surface area (TPSA) is 20.3 Å². The third kappa shape index (κ3) is 2.41. The Kier molecular flexibility index (Phi) is 4.00. The predicted octanol–water partition coefficient (Wildman–Crippen LogP) is 3.74. The van der Waals surface area contributed by atoms with Crippen LogP contribution in [0, 0.1) is 11.6 Å². The molecule has 18 heavy (non-hydrogen) atoms. The lowest BCUT2D eigenvalue weighted by Crippen LogP contribution is -2.42. The highest BCUT2D eigenvalue weighted by molar-refractivity contribution is 9.10. The second kappa shape index (κ2) is 5.34. The van der Waals surface area contributed by atoms with E-state index in [1.54, 1.807) is 4.90 Å². The Morgan fingerprint density at radius 1 is 1.33 bits per heavy atom. The van der Waals surface area contributed by atoms with E-state index >= 15 is 0 Å². The third-order valence-corrected chi connectivity index (χ3v) is 3.94. The van der Waals surface area contributed by atoms with Gasteiger partial charge in [0.1, 0.15) is 0 Å². The van der Waals surface area contributed by atoms with Crippen molar-refractivity contribution in [1.82, 2.24) is 4.90 Å². The maximum absolute atomic E-state index is 13.7. The standard InChI is InChI=1S/C13H14BrF2NO/c1-8-4-2-3-7-17(8)13(18)9-5-6-10(14)12(16)11(9)15/h5-6,8H,2-4,7H2,1H3. The van der Waals surface area contributed by atoms with E-state index in [4.69, 9.17) is 0 Å². The van der Waals surface area contributed by atoms with Crippen molar-refractivity contribution in [3.8, 4) is 0 Å². The largest absolute Gasteiger partial charge is 0.336 e. The summed E-state index contributed by atoms with van der Waals surface area (Å²) in [4.78, 5) is 13.8. The number of amides is 1. The molecule has 2 rings (SSSR count). The highest BCUT2D eigenvalue weighted by Crippen LogP contribution is 2.24. The van der Waals surface area contributed by atoms with Gasteiger partial charge in [-0.1, -0.05) is 0 Å². The molecule has 1 atom stereocenters. The van der Waals surface area contributed by atoms with Gasteiger partial charge in [0.15, 0.2) is 11.6 Å². The van der Waals surface area contributed by atoms with E-state index in [9.17, 15) is 13.6 Å². The van der Waals surface area contributed by atoms with E-state index in [1.165, 1.54) is 12.1 Å². The monoisotopic (exact) mass is 317 g/mol. The first-order valence-electron chi connectivity index (χ1n) is 5.97. The van der Waals surface area contributed by atoms with Gasteiger partial charge in [-0.25, -0.2) is 8.78 Å². The summed E-state index contributed by atoms with van der Waals surface area (Å²) in [6.45, 7) is 2.54. The van der Waals surface area contributed by atoms with Crippen molar-refractivity contribution in [3.05, 3.63) is 33.8 Å². The number of hydrogen-bond donors (Lipinski definition) is 0. The minimum Gasteiger partial charge on any atom is -0.336 e. The van der Waals surface area contributed by atoms with Gasteiger partial charge < -0.3 is 4.90 Å². The Morgan fingerprint density at radius 3 is 2.72 bits per heavy atom. The number of benzene rings is 1. The highest BCUT2D eigenvalue weighted by Gasteiger charge is 2.27. The molecule has 5 heteroatoms. The number of rotatable bonds is 1. The summed E-state index contributed by atoms with van der Waals surface area (Å²) in [5, 5.41) is 0. The minimum absolute atomic E-state index is 0.0308.